The van der Waals surface area contributed by atoms with E-state index in [4.69, 9.17) is 0 Å². The van der Waals surface area contributed by atoms with Crippen molar-refractivity contribution in [3.63, 3.8) is 0 Å². The summed E-state index contributed by atoms with van der Waals surface area (Å²) in [5.41, 5.74) is -1.86. The largest absolute Gasteiger partial charge is 0.503 e. The number of aromatic hydroxyl groups is 1. The summed E-state index contributed by atoms with van der Waals surface area (Å²) in [6.45, 7) is 0.916. The first-order chi connectivity index (χ1) is 15.2. The first-order valence-corrected chi connectivity index (χ1v) is 10.3. The summed E-state index contributed by atoms with van der Waals surface area (Å²) in [5.74, 6) is -4.58. The van der Waals surface area contributed by atoms with Crippen LogP contribution in [0.2, 0.25) is 0 Å². The quantitative estimate of drug-likeness (QED) is 0.750. The molecule has 2 atom stereocenters. The molecular formula is C22H22F3N3O4. The minimum atomic E-state index is -1.08. The molecule has 0 saturated carbocycles. The normalized spacial score (nSPS) is 20.0. The van der Waals surface area contributed by atoms with E-state index in [-0.39, 0.29) is 17.8 Å². The van der Waals surface area contributed by atoms with Gasteiger partial charge in [0.2, 0.25) is 5.43 Å². The number of halogens is 3. The van der Waals surface area contributed by atoms with Crippen molar-refractivity contribution in [3.8, 4) is 5.75 Å². The van der Waals surface area contributed by atoms with Crippen LogP contribution in [-0.2, 0) is 6.54 Å². The van der Waals surface area contributed by atoms with E-state index >= 15 is 0 Å². The Morgan fingerprint density at radius 1 is 1.25 bits per heavy atom. The summed E-state index contributed by atoms with van der Waals surface area (Å²) in [7, 11) is 0. The molecule has 170 valence electrons. The number of hydrogen-bond acceptors (Lipinski definition) is 4. The molecule has 2 aromatic rings. The number of aromatic nitrogens is 1. The average Bonchev–Trinajstić information content (AvgIpc) is 2.93. The van der Waals surface area contributed by atoms with Crippen molar-refractivity contribution in [1.29, 1.82) is 0 Å². The van der Waals surface area contributed by atoms with Crippen LogP contribution in [0.4, 0.5) is 13.2 Å². The zero-order valence-electron chi connectivity index (χ0n) is 17.3. The van der Waals surface area contributed by atoms with Crippen molar-refractivity contribution in [2.45, 2.75) is 32.4 Å². The molecule has 1 aromatic heterocycles. The molecular weight excluding hydrogens is 427 g/mol. The van der Waals surface area contributed by atoms with Crippen molar-refractivity contribution in [1.82, 2.24) is 14.8 Å². The van der Waals surface area contributed by atoms with E-state index in [0.717, 1.165) is 18.3 Å². The molecule has 4 rings (SSSR count). The lowest BCUT2D eigenvalue weighted by Gasteiger charge is -2.36. The molecule has 10 heteroatoms. The van der Waals surface area contributed by atoms with Gasteiger partial charge in [-0.05, 0) is 37.5 Å². The van der Waals surface area contributed by atoms with E-state index in [0.29, 0.717) is 24.9 Å². The van der Waals surface area contributed by atoms with E-state index in [1.165, 1.54) is 16.4 Å². The van der Waals surface area contributed by atoms with Gasteiger partial charge in [-0.2, -0.15) is 0 Å². The maximum Gasteiger partial charge on any atom is 0.274 e. The minimum Gasteiger partial charge on any atom is -0.503 e. The molecule has 7 nitrogen and oxygen atoms in total. The Morgan fingerprint density at radius 3 is 2.59 bits per heavy atom. The number of fused-ring (bicyclic) bond motifs is 4. The van der Waals surface area contributed by atoms with Gasteiger partial charge in [-0.15, -0.1) is 0 Å². The van der Waals surface area contributed by atoms with Gasteiger partial charge in [0.1, 0.15) is 17.2 Å². The number of rotatable bonds is 4. The molecule has 0 aliphatic carbocycles. The molecule has 1 fully saturated rings. The molecule has 32 heavy (non-hydrogen) atoms. The van der Waals surface area contributed by atoms with E-state index in [1.807, 2.05) is 0 Å². The van der Waals surface area contributed by atoms with Crippen molar-refractivity contribution < 1.29 is 27.9 Å². The second-order valence-corrected chi connectivity index (χ2v) is 8.24. The number of alkyl halides is 1. The fourth-order valence-electron chi connectivity index (χ4n) is 4.45. The number of nitrogens with one attached hydrogen (secondary N) is 1. The number of nitrogens with zero attached hydrogens (tertiary/aromatic N) is 2. The second kappa shape index (κ2) is 8.33. The van der Waals surface area contributed by atoms with Crippen molar-refractivity contribution in [2.75, 3.05) is 19.8 Å². The van der Waals surface area contributed by atoms with Crippen LogP contribution in [0.3, 0.4) is 0 Å². The summed E-state index contributed by atoms with van der Waals surface area (Å²) < 4.78 is 43.1. The molecule has 2 N–H and O–H groups in total. The highest BCUT2D eigenvalue weighted by molar-refractivity contribution is 5.99. The molecule has 0 spiro atoms. The predicted molar refractivity (Wildman–Crippen MR) is 108 cm³/mol. The van der Waals surface area contributed by atoms with Crippen LogP contribution in [0.15, 0.2) is 23.1 Å². The van der Waals surface area contributed by atoms with Crippen molar-refractivity contribution in [2.24, 2.45) is 5.92 Å². The van der Waals surface area contributed by atoms with Gasteiger partial charge in [0, 0.05) is 37.3 Å². The van der Waals surface area contributed by atoms with Crippen LogP contribution < -0.4 is 10.7 Å². The Hall–Kier alpha value is -3.30. The smallest absolute Gasteiger partial charge is 0.274 e. The number of amides is 2. The summed E-state index contributed by atoms with van der Waals surface area (Å²) in [5, 5.41) is 12.8. The van der Waals surface area contributed by atoms with Crippen LogP contribution in [0.5, 0.6) is 5.75 Å². The van der Waals surface area contributed by atoms with Crippen LogP contribution in [0, 0.1) is 24.5 Å². The summed E-state index contributed by atoms with van der Waals surface area (Å²) >= 11 is 0. The van der Waals surface area contributed by atoms with Gasteiger partial charge in [-0.1, -0.05) is 0 Å². The number of pyridine rings is 1. The number of aryl methyl sites for hydroxylation is 1. The Labute approximate surface area is 181 Å². The van der Waals surface area contributed by atoms with E-state index in [9.17, 15) is 32.7 Å². The van der Waals surface area contributed by atoms with Gasteiger partial charge in [0.15, 0.2) is 11.4 Å². The zero-order chi connectivity index (χ0) is 23.2. The topological polar surface area (TPSA) is 91.6 Å². The van der Waals surface area contributed by atoms with E-state index < -0.39 is 65.4 Å². The van der Waals surface area contributed by atoms with Crippen LogP contribution in [0.1, 0.15) is 50.9 Å². The number of carbonyl (C=O) groups is 2. The SMILES string of the molecule is Cc1cc(F)c(CNC(=O)c2cn3c(c(O)c2=O)C(=O)N2CCCC(CF)C3C2)c(F)c1. The molecule has 2 aliphatic rings. The molecule has 3 heterocycles. The summed E-state index contributed by atoms with van der Waals surface area (Å²) in [6, 6.07) is 1.68. The van der Waals surface area contributed by atoms with Crippen molar-refractivity contribution in [3.05, 3.63) is 62.6 Å². The van der Waals surface area contributed by atoms with Crippen molar-refractivity contribution >= 4 is 11.8 Å². The molecule has 2 amide bonds. The minimum absolute atomic E-state index is 0.198. The number of benzene rings is 1. The fraction of sp³-hybridized carbons (Fsp3) is 0.409. The maximum absolute atomic E-state index is 14.1. The maximum atomic E-state index is 14.1. The summed E-state index contributed by atoms with van der Waals surface area (Å²) in [6.07, 6.45) is 2.21. The molecule has 2 bridgehead atoms. The Bertz CT molecular complexity index is 1140. The lowest BCUT2D eigenvalue weighted by Crippen LogP contribution is -2.46. The molecule has 1 aromatic carbocycles. The number of carbonyl (C=O) groups excluding carboxylic acids is 2. The van der Waals surface area contributed by atoms with Crippen LogP contribution >= 0.6 is 0 Å². The van der Waals surface area contributed by atoms with Gasteiger partial charge < -0.3 is 19.9 Å². The predicted octanol–water partition coefficient (Wildman–Crippen LogP) is 2.45. The van der Waals surface area contributed by atoms with E-state index in [1.54, 1.807) is 0 Å². The average molecular weight is 449 g/mol. The lowest BCUT2D eigenvalue weighted by molar-refractivity contribution is 0.0651. The van der Waals surface area contributed by atoms with Gasteiger partial charge in [-0.3, -0.25) is 18.8 Å². The van der Waals surface area contributed by atoms with E-state index in [2.05, 4.69) is 5.32 Å². The third-order valence-corrected chi connectivity index (χ3v) is 6.17. The number of hydrogen-bond donors (Lipinski definition) is 2. The van der Waals surface area contributed by atoms with Crippen LogP contribution in [0.25, 0.3) is 0 Å². The summed E-state index contributed by atoms with van der Waals surface area (Å²) in [4.78, 5) is 39.6. The second-order valence-electron chi connectivity index (χ2n) is 8.24. The van der Waals surface area contributed by atoms with Gasteiger partial charge in [0.25, 0.3) is 11.8 Å². The van der Waals surface area contributed by atoms with Gasteiger partial charge >= 0.3 is 0 Å². The fourth-order valence-corrected chi connectivity index (χ4v) is 4.45. The molecule has 2 unspecified atom stereocenters. The Kier molecular flexibility index (Phi) is 5.70. The third-order valence-electron chi connectivity index (χ3n) is 6.17. The highest BCUT2D eigenvalue weighted by atomic mass is 19.1. The molecule has 0 radical (unpaired) electrons. The van der Waals surface area contributed by atoms with Crippen LogP contribution in [-0.4, -0.2) is 46.2 Å². The first-order valence-electron chi connectivity index (χ1n) is 10.3. The third kappa shape index (κ3) is 3.63. The first kappa shape index (κ1) is 21.9. The van der Waals surface area contributed by atoms with Gasteiger partial charge in [-0.25, -0.2) is 8.78 Å². The zero-order valence-corrected chi connectivity index (χ0v) is 17.3. The highest BCUT2D eigenvalue weighted by Crippen LogP contribution is 2.35. The standard InChI is InChI=1S/C22H22F3N3O4/c1-11-5-15(24)13(16(25)6-11)8-26-21(31)14-9-28-17-10-27(4-2-3-12(17)7-23)22(32)18(28)20(30)19(14)29/h5-6,9,12,17,30H,2-4,7-8,10H2,1H3,(H,26,31). The Balaban J connectivity index is 1.70. The molecule has 2 aliphatic heterocycles. The van der Waals surface area contributed by atoms with Gasteiger partial charge in [0.05, 0.1) is 12.7 Å². The molecule has 1 saturated heterocycles. The monoisotopic (exact) mass is 449 g/mol. The lowest BCUT2D eigenvalue weighted by atomic mass is 9.95. The highest BCUT2D eigenvalue weighted by Gasteiger charge is 2.40. The Morgan fingerprint density at radius 2 is 1.94 bits per heavy atom.